The van der Waals surface area contributed by atoms with Crippen LogP contribution >= 0.6 is 0 Å². The molecule has 2 aliphatic rings. The summed E-state index contributed by atoms with van der Waals surface area (Å²) in [6.07, 6.45) is 3.38. The van der Waals surface area contributed by atoms with E-state index in [1.54, 1.807) is 21.9 Å². The maximum Gasteiger partial charge on any atom is 0.256 e. The van der Waals surface area contributed by atoms with E-state index in [9.17, 15) is 18.8 Å². The third-order valence-electron chi connectivity index (χ3n) is 6.27. The van der Waals surface area contributed by atoms with Crippen molar-refractivity contribution in [3.8, 4) is 0 Å². The first-order valence-corrected chi connectivity index (χ1v) is 11.2. The second kappa shape index (κ2) is 9.94. The summed E-state index contributed by atoms with van der Waals surface area (Å²) in [5.74, 6) is -1.03. The van der Waals surface area contributed by atoms with Crippen molar-refractivity contribution in [2.24, 2.45) is 0 Å². The molecule has 0 spiro atoms. The van der Waals surface area contributed by atoms with Gasteiger partial charge < -0.3 is 15.1 Å². The highest BCUT2D eigenvalue weighted by Crippen LogP contribution is 2.26. The molecule has 7 heteroatoms. The topological polar surface area (TPSA) is 69.7 Å². The summed E-state index contributed by atoms with van der Waals surface area (Å²) >= 11 is 0. The Hall–Kier alpha value is -3.22. The Balaban J connectivity index is 1.41. The molecule has 2 aromatic rings. The van der Waals surface area contributed by atoms with Crippen LogP contribution in [0.5, 0.6) is 0 Å². The summed E-state index contributed by atoms with van der Waals surface area (Å²) in [6.45, 7) is 1.45. The zero-order chi connectivity index (χ0) is 22.5. The van der Waals surface area contributed by atoms with Gasteiger partial charge in [-0.1, -0.05) is 42.5 Å². The zero-order valence-electron chi connectivity index (χ0n) is 18.0. The molecule has 2 aliphatic heterocycles. The van der Waals surface area contributed by atoms with Crippen LogP contribution in [0.25, 0.3) is 0 Å². The summed E-state index contributed by atoms with van der Waals surface area (Å²) in [7, 11) is 0. The molecule has 168 valence electrons. The lowest BCUT2D eigenvalue weighted by Crippen LogP contribution is -2.51. The van der Waals surface area contributed by atoms with E-state index in [4.69, 9.17) is 0 Å². The lowest BCUT2D eigenvalue weighted by Gasteiger charge is -2.37. The highest BCUT2D eigenvalue weighted by Gasteiger charge is 2.34. The average Bonchev–Trinajstić information content (AvgIpc) is 2.82. The number of likely N-dealkylation sites (tertiary alicyclic amines) is 2. The monoisotopic (exact) mass is 437 g/mol. The number of halogens is 1. The van der Waals surface area contributed by atoms with Crippen LogP contribution in [0, 0.1) is 5.82 Å². The molecule has 1 atom stereocenters. The Morgan fingerprint density at radius 1 is 0.938 bits per heavy atom. The normalized spacial score (nSPS) is 18.3. The van der Waals surface area contributed by atoms with Gasteiger partial charge in [-0.2, -0.15) is 0 Å². The molecule has 2 saturated heterocycles. The highest BCUT2D eigenvalue weighted by molar-refractivity contribution is 5.94. The maximum absolute atomic E-state index is 14.0. The van der Waals surface area contributed by atoms with Gasteiger partial charge in [0.25, 0.3) is 5.91 Å². The molecule has 2 fully saturated rings. The van der Waals surface area contributed by atoms with Gasteiger partial charge in [-0.25, -0.2) is 4.39 Å². The number of piperidine rings is 2. The van der Waals surface area contributed by atoms with Crippen molar-refractivity contribution in [2.45, 2.75) is 44.2 Å². The lowest BCUT2D eigenvalue weighted by atomic mass is 9.98. The molecule has 32 heavy (non-hydrogen) atoms. The quantitative estimate of drug-likeness (QED) is 0.780. The molecule has 4 rings (SSSR count). The largest absolute Gasteiger partial charge is 0.351 e. The number of amides is 3. The first-order chi connectivity index (χ1) is 15.5. The van der Waals surface area contributed by atoms with E-state index in [0.717, 1.165) is 18.4 Å². The second-order valence-electron chi connectivity index (χ2n) is 8.41. The standard InChI is InChI=1S/C25H28FN3O3/c26-21-11-5-4-10-20(21)25(32)28-16-13-19(14-17-28)27-24(31)23(18-8-2-1-3-9-18)29-15-7-6-12-22(29)30/h1-5,8-11,19,23H,6-7,12-17H2,(H,27,31). The van der Waals surface area contributed by atoms with Gasteiger partial charge >= 0.3 is 0 Å². The van der Waals surface area contributed by atoms with E-state index in [-0.39, 0.29) is 29.3 Å². The van der Waals surface area contributed by atoms with Gasteiger partial charge in [-0.05, 0) is 43.4 Å². The Kier molecular flexibility index (Phi) is 6.83. The number of nitrogens with one attached hydrogen (secondary N) is 1. The van der Waals surface area contributed by atoms with Crippen molar-refractivity contribution in [2.75, 3.05) is 19.6 Å². The minimum Gasteiger partial charge on any atom is -0.351 e. The molecule has 0 aliphatic carbocycles. The number of carbonyl (C=O) groups excluding carboxylic acids is 3. The van der Waals surface area contributed by atoms with E-state index < -0.39 is 11.9 Å². The molecule has 1 N–H and O–H groups in total. The number of carbonyl (C=O) groups is 3. The van der Waals surface area contributed by atoms with Crippen LogP contribution in [0.2, 0.25) is 0 Å². The number of hydrogen-bond acceptors (Lipinski definition) is 3. The third-order valence-corrected chi connectivity index (χ3v) is 6.27. The van der Waals surface area contributed by atoms with E-state index in [0.29, 0.717) is 38.9 Å². The van der Waals surface area contributed by atoms with Crippen molar-refractivity contribution < 1.29 is 18.8 Å². The lowest BCUT2D eigenvalue weighted by molar-refractivity contribution is -0.143. The van der Waals surface area contributed by atoms with Crippen molar-refractivity contribution in [1.82, 2.24) is 15.1 Å². The minimum atomic E-state index is -0.651. The fourth-order valence-electron chi connectivity index (χ4n) is 4.52. The third kappa shape index (κ3) is 4.82. The van der Waals surface area contributed by atoms with E-state index in [2.05, 4.69) is 5.32 Å². The first-order valence-electron chi connectivity index (χ1n) is 11.2. The molecule has 0 radical (unpaired) electrons. The molecule has 2 heterocycles. The van der Waals surface area contributed by atoms with Crippen LogP contribution in [0.4, 0.5) is 4.39 Å². The molecule has 2 aromatic carbocycles. The SMILES string of the molecule is O=C(NC1CCN(C(=O)c2ccccc2F)CC1)C(c1ccccc1)N1CCCCC1=O. The average molecular weight is 438 g/mol. The van der Waals surface area contributed by atoms with E-state index in [1.807, 2.05) is 30.3 Å². The number of nitrogens with zero attached hydrogens (tertiary/aromatic N) is 2. The van der Waals surface area contributed by atoms with E-state index >= 15 is 0 Å². The van der Waals surface area contributed by atoms with Crippen molar-refractivity contribution in [3.63, 3.8) is 0 Å². The second-order valence-corrected chi connectivity index (χ2v) is 8.41. The number of benzene rings is 2. The molecule has 1 unspecified atom stereocenters. The van der Waals surface area contributed by atoms with Crippen molar-refractivity contribution >= 4 is 17.7 Å². The van der Waals surface area contributed by atoms with Gasteiger partial charge in [0, 0.05) is 32.1 Å². The highest BCUT2D eigenvalue weighted by atomic mass is 19.1. The molecule has 6 nitrogen and oxygen atoms in total. The van der Waals surface area contributed by atoms with Gasteiger partial charge in [-0.3, -0.25) is 14.4 Å². The molecule has 0 bridgehead atoms. The first kappa shape index (κ1) is 22.0. The number of hydrogen-bond donors (Lipinski definition) is 1. The smallest absolute Gasteiger partial charge is 0.256 e. The van der Waals surface area contributed by atoms with E-state index in [1.165, 1.54) is 12.1 Å². The van der Waals surface area contributed by atoms with Gasteiger partial charge in [0.1, 0.15) is 11.9 Å². The fraction of sp³-hybridized carbons (Fsp3) is 0.400. The Morgan fingerprint density at radius 2 is 1.62 bits per heavy atom. The van der Waals surface area contributed by atoms with Crippen LogP contribution in [0.1, 0.15) is 54.1 Å². The van der Waals surface area contributed by atoms with Crippen molar-refractivity contribution in [1.29, 1.82) is 0 Å². The van der Waals surface area contributed by atoms with Crippen LogP contribution in [0.15, 0.2) is 54.6 Å². The summed E-state index contributed by atoms with van der Waals surface area (Å²) in [5, 5.41) is 3.10. The molecule has 0 saturated carbocycles. The minimum absolute atomic E-state index is 0.00515. The predicted octanol–water partition coefficient (Wildman–Crippen LogP) is 3.30. The molecule has 3 amide bonds. The van der Waals surface area contributed by atoms with Gasteiger partial charge in [0.15, 0.2) is 0 Å². The zero-order valence-corrected chi connectivity index (χ0v) is 18.0. The summed E-state index contributed by atoms with van der Waals surface area (Å²) in [4.78, 5) is 41.8. The van der Waals surface area contributed by atoms with Gasteiger partial charge in [0.2, 0.25) is 11.8 Å². The number of rotatable bonds is 5. The summed E-state index contributed by atoms with van der Waals surface area (Å²) < 4.78 is 14.0. The Bertz CT molecular complexity index is 973. The van der Waals surface area contributed by atoms with Crippen LogP contribution in [-0.2, 0) is 9.59 Å². The van der Waals surface area contributed by atoms with Crippen LogP contribution in [0.3, 0.4) is 0 Å². The predicted molar refractivity (Wildman–Crippen MR) is 118 cm³/mol. The summed E-state index contributed by atoms with van der Waals surface area (Å²) in [6, 6.07) is 14.6. The summed E-state index contributed by atoms with van der Waals surface area (Å²) in [5.41, 5.74) is 0.871. The fourth-order valence-corrected chi connectivity index (χ4v) is 4.52. The molecule has 0 aromatic heterocycles. The Labute approximate surface area is 187 Å². The maximum atomic E-state index is 14.0. The Morgan fingerprint density at radius 3 is 2.31 bits per heavy atom. The van der Waals surface area contributed by atoms with Gasteiger partial charge in [0.05, 0.1) is 5.56 Å². The molecular weight excluding hydrogens is 409 g/mol. The van der Waals surface area contributed by atoms with Crippen LogP contribution in [-0.4, -0.2) is 53.2 Å². The molecular formula is C25H28FN3O3. The van der Waals surface area contributed by atoms with Crippen LogP contribution < -0.4 is 5.32 Å². The van der Waals surface area contributed by atoms with Crippen molar-refractivity contribution in [3.05, 3.63) is 71.5 Å². The van der Waals surface area contributed by atoms with Gasteiger partial charge in [-0.15, -0.1) is 0 Å².